The van der Waals surface area contributed by atoms with E-state index in [0.717, 1.165) is 35.1 Å². The quantitative estimate of drug-likeness (QED) is 0.643. The summed E-state index contributed by atoms with van der Waals surface area (Å²) in [6.07, 6.45) is 4.06. The molecule has 1 aliphatic rings. The normalized spacial score (nSPS) is 16.4. The Morgan fingerprint density at radius 3 is 2.63 bits per heavy atom. The number of halogens is 1. The molecule has 2 heterocycles. The highest BCUT2D eigenvalue weighted by molar-refractivity contribution is 9.10. The van der Waals surface area contributed by atoms with Gasteiger partial charge in [0.15, 0.2) is 11.5 Å². The van der Waals surface area contributed by atoms with Gasteiger partial charge in [-0.05, 0) is 56.5 Å². The summed E-state index contributed by atoms with van der Waals surface area (Å²) in [5.74, 6) is 1.47. The Kier molecular flexibility index (Phi) is 6.72. The third kappa shape index (κ3) is 4.61. The second-order valence-corrected chi connectivity index (χ2v) is 7.29. The van der Waals surface area contributed by atoms with Gasteiger partial charge in [-0.15, -0.1) is 0 Å². The van der Waals surface area contributed by atoms with Crippen LogP contribution in [0.3, 0.4) is 0 Å². The minimum Gasteiger partial charge on any atom is -0.490 e. The van der Waals surface area contributed by atoms with E-state index in [1.807, 2.05) is 49.1 Å². The van der Waals surface area contributed by atoms with E-state index in [0.29, 0.717) is 31.1 Å². The molecule has 1 fully saturated rings. The van der Waals surface area contributed by atoms with Crippen LogP contribution in [0.25, 0.3) is 0 Å². The lowest BCUT2D eigenvalue weighted by Gasteiger charge is -2.25. The molecule has 1 atom stereocenters. The molecular formula is C21H25BrN2O3. The zero-order valence-electron chi connectivity index (χ0n) is 15.8. The van der Waals surface area contributed by atoms with Crippen LogP contribution in [0, 0.1) is 0 Å². The minimum atomic E-state index is 0.0616. The zero-order valence-corrected chi connectivity index (χ0v) is 17.4. The Labute approximate surface area is 168 Å². The predicted molar refractivity (Wildman–Crippen MR) is 108 cm³/mol. The molecule has 144 valence electrons. The molecule has 2 aromatic rings. The van der Waals surface area contributed by atoms with Gasteiger partial charge in [-0.3, -0.25) is 9.78 Å². The van der Waals surface area contributed by atoms with Crippen LogP contribution in [-0.4, -0.2) is 35.5 Å². The number of aromatic nitrogens is 1. The number of nitrogens with zero attached hydrogens (tertiary/aromatic N) is 2. The molecule has 0 bridgehead atoms. The van der Waals surface area contributed by atoms with Crippen LogP contribution >= 0.6 is 15.9 Å². The third-order valence-electron chi connectivity index (χ3n) is 4.66. The molecule has 6 heteroatoms. The first-order valence-electron chi connectivity index (χ1n) is 9.42. The average Bonchev–Trinajstić information content (AvgIpc) is 3.16. The molecule has 0 spiro atoms. The lowest BCUT2D eigenvalue weighted by atomic mass is 10.1. The van der Waals surface area contributed by atoms with Crippen molar-refractivity contribution in [3.8, 4) is 11.5 Å². The number of carbonyl (C=O) groups excluding carboxylic acids is 1. The maximum Gasteiger partial charge on any atom is 0.227 e. The summed E-state index contributed by atoms with van der Waals surface area (Å²) < 4.78 is 12.2. The summed E-state index contributed by atoms with van der Waals surface area (Å²) in [4.78, 5) is 19.4. The Bertz CT molecular complexity index is 782. The van der Waals surface area contributed by atoms with Crippen molar-refractivity contribution < 1.29 is 14.3 Å². The lowest BCUT2D eigenvalue weighted by molar-refractivity contribution is -0.131. The number of hydrogen-bond donors (Lipinski definition) is 0. The predicted octanol–water partition coefficient (Wildman–Crippen LogP) is 4.55. The Morgan fingerprint density at radius 1 is 1.22 bits per heavy atom. The van der Waals surface area contributed by atoms with Crippen molar-refractivity contribution in [2.24, 2.45) is 0 Å². The molecule has 1 aromatic heterocycles. The van der Waals surface area contributed by atoms with E-state index in [1.54, 1.807) is 6.20 Å². The van der Waals surface area contributed by atoms with Crippen LogP contribution in [0.5, 0.6) is 11.5 Å². The summed E-state index contributed by atoms with van der Waals surface area (Å²) in [5.41, 5.74) is 1.86. The molecule has 0 radical (unpaired) electrons. The zero-order chi connectivity index (χ0) is 19.2. The number of pyridine rings is 1. The van der Waals surface area contributed by atoms with Crippen LogP contribution in [0.15, 0.2) is 41.0 Å². The summed E-state index contributed by atoms with van der Waals surface area (Å²) in [6.45, 7) is 5.75. The highest BCUT2D eigenvalue weighted by Gasteiger charge is 2.31. The number of hydrogen-bond acceptors (Lipinski definition) is 4. The average molecular weight is 433 g/mol. The van der Waals surface area contributed by atoms with Gasteiger partial charge in [-0.25, -0.2) is 0 Å². The number of amides is 1. The Hall–Kier alpha value is -2.08. The molecule has 1 aromatic carbocycles. The molecular weight excluding hydrogens is 408 g/mol. The largest absolute Gasteiger partial charge is 0.490 e. The van der Waals surface area contributed by atoms with Gasteiger partial charge in [0.2, 0.25) is 5.91 Å². The van der Waals surface area contributed by atoms with E-state index >= 15 is 0 Å². The Balaban J connectivity index is 1.79. The summed E-state index contributed by atoms with van der Waals surface area (Å²) in [6, 6.07) is 9.72. The van der Waals surface area contributed by atoms with Crippen molar-refractivity contribution in [3.05, 3.63) is 52.3 Å². The van der Waals surface area contributed by atoms with Crippen molar-refractivity contribution >= 4 is 21.8 Å². The van der Waals surface area contributed by atoms with Crippen LogP contribution < -0.4 is 9.47 Å². The van der Waals surface area contributed by atoms with Crippen molar-refractivity contribution in [1.29, 1.82) is 0 Å². The van der Waals surface area contributed by atoms with Crippen molar-refractivity contribution in [2.75, 3.05) is 19.8 Å². The lowest BCUT2D eigenvalue weighted by Crippen LogP contribution is -2.32. The molecule has 5 nitrogen and oxygen atoms in total. The standard InChI is InChI=1S/C21H25BrN2O3/c1-3-26-19-12-15(16(22)14-20(19)27-4-2)13-21(25)24-11-7-9-18(24)17-8-5-6-10-23-17/h5-6,8,10,12,14,18H,3-4,7,9,11,13H2,1-2H3. The van der Waals surface area contributed by atoms with Crippen LogP contribution in [-0.2, 0) is 11.2 Å². The smallest absolute Gasteiger partial charge is 0.227 e. The number of benzene rings is 1. The topological polar surface area (TPSA) is 51.7 Å². The summed E-state index contributed by atoms with van der Waals surface area (Å²) in [7, 11) is 0. The van der Waals surface area contributed by atoms with Crippen molar-refractivity contribution in [1.82, 2.24) is 9.88 Å². The van der Waals surface area contributed by atoms with Crippen LogP contribution in [0.2, 0.25) is 0 Å². The van der Waals surface area contributed by atoms with Gasteiger partial charge < -0.3 is 14.4 Å². The van der Waals surface area contributed by atoms with E-state index in [9.17, 15) is 4.79 Å². The molecule has 1 saturated heterocycles. The van der Waals surface area contributed by atoms with Gasteiger partial charge in [0.05, 0.1) is 31.4 Å². The maximum atomic E-state index is 13.0. The van der Waals surface area contributed by atoms with Gasteiger partial charge in [0.25, 0.3) is 0 Å². The fourth-order valence-electron chi connectivity index (χ4n) is 3.46. The molecule has 0 saturated carbocycles. The van der Waals surface area contributed by atoms with E-state index in [2.05, 4.69) is 20.9 Å². The second kappa shape index (κ2) is 9.22. The SMILES string of the molecule is CCOc1cc(Br)c(CC(=O)N2CCCC2c2ccccn2)cc1OCC. The molecule has 1 amide bonds. The number of ether oxygens (including phenoxy) is 2. The highest BCUT2D eigenvalue weighted by Crippen LogP contribution is 2.36. The van der Waals surface area contributed by atoms with Gasteiger partial charge in [0.1, 0.15) is 0 Å². The first kappa shape index (κ1) is 19.7. The third-order valence-corrected chi connectivity index (χ3v) is 5.39. The van der Waals surface area contributed by atoms with Gasteiger partial charge in [-0.2, -0.15) is 0 Å². The van der Waals surface area contributed by atoms with Crippen LogP contribution in [0.4, 0.5) is 0 Å². The highest BCUT2D eigenvalue weighted by atomic mass is 79.9. The number of rotatable bonds is 7. The van der Waals surface area contributed by atoms with E-state index < -0.39 is 0 Å². The van der Waals surface area contributed by atoms with Gasteiger partial charge >= 0.3 is 0 Å². The minimum absolute atomic E-state index is 0.0616. The summed E-state index contributed by atoms with van der Waals surface area (Å²) >= 11 is 3.58. The number of likely N-dealkylation sites (tertiary alicyclic amines) is 1. The summed E-state index contributed by atoms with van der Waals surface area (Å²) in [5, 5.41) is 0. The van der Waals surface area contributed by atoms with Crippen molar-refractivity contribution in [2.45, 2.75) is 39.2 Å². The van der Waals surface area contributed by atoms with E-state index in [-0.39, 0.29) is 11.9 Å². The monoisotopic (exact) mass is 432 g/mol. The van der Waals surface area contributed by atoms with Crippen LogP contribution in [0.1, 0.15) is 44.0 Å². The molecule has 27 heavy (non-hydrogen) atoms. The second-order valence-electron chi connectivity index (χ2n) is 6.43. The van der Waals surface area contributed by atoms with Crippen molar-refractivity contribution in [3.63, 3.8) is 0 Å². The first-order chi connectivity index (χ1) is 13.1. The molecule has 1 aliphatic heterocycles. The Morgan fingerprint density at radius 2 is 1.96 bits per heavy atom. The first-order valence-corrected chi connectivity index (χ1v) is 10.2. The molecule has 0 N–H and O–H groups in total. The fraction of sp³-hybridized carbons (Fsp3) is 0.429. The number of carbonyl (C=O) groups is 1. The molecule has 3 rings (SSSR count). The van der Waals surface area contributed by atoms with E-state index in [4.69, 9.17) is 9.47 Å². The molecule has 0 aliphatic carbocycles. The van der Waals surface area contributed by atoms with Gasteiger partial charge in [0, 0.05) is 17.2 Å². The maximum absolute atomic E-state index is 13.0. The molecule has 1 unspecified atom stereocenters. The fourth-order valence-corrected chi connectivity index (χ4v) is 3.92. The van der Waals surface area contributed by atoms with Gasteiger partial charge in [-0.1, -0.05) is 22.0 Å². The van der Waals surface area contributed by atoms with E-state index in [1.165, 1.54) is 0 Å².